The number of aliphatic hydroxyl groups excluding tert-OH is 1. The number of esters is 4. The summed E-state index contributed by atoms with van der Waals surface area (Å²) in [5, 5.41) is 10.8. The van der Waals surface area contributed by atoms with Gasteiger partial charge in [-0.1, -0.05) is 24.5 Å². The Morgan fingerprint density at radius 2 is 1.39 bits per heavy atom. The predicted octanol–water partition coefficient (Wildman–Crippen LogP) is 0.480. The van der Waals surface area contributed by atoms with Gasteiger partial charge in [0, 0.05) is 33.6 Å². The molecule has 0 aliphatic rings. The smallest absolute Gasteiger partial charge is 0.303 e. The Kier molecular flexibility index (Phi) is 10.9. The highest BCUT2D eigenvalue weighted by atomic mass is 16.7. The first-order chi connectivity index (χ1) is 15.3. The number of carbonyl (C=O) groups is 4. The second-order valence-electron chi connectivity index (χ2n) is 7.54. The summed E-state index contributed by atoms with van der Waals surface area (Å²) in [4.78, 5) is 46.7. The highest BCUT2D eigenvalue weighted by Gasteiger charge is 2.45. The van der Waals surface area contributed by atoms with Crippen molar-refractivity contribution in [2.24, 2.45) is 5.92 Å². The van der Waals surface area contributed by atoms with Gasteiger partial charge in [-0.25, -0.2) is 0 Å². The van der Waals surface area contributed by atoms with Crippen LogP contribution in [0.3, 0.4) is 0 Å². The molecule has 0 heterocycles. The number of ether oxygens (including phenoxy) is 5. The van der Waals surface area contributed by atoms with Crippen molar-refractivity contribution in [1.82, 2.24) is 0 Å². The monoisotopic (exact) mass is 464 g/mol. The van der Waals surface area contributed by atoms with Crippen LogP contribution >= 0.6 is 0 Å². The maximum Gasteiger partial charge on any atom is 0.303 e. The molecule has 0 saturated heterocycles. The van der Waals surface area contributed by atoms with E-state index in [0.29, 0.717) is 11.0 Å². The van der Waals surface area contributed by atoms with Crippen LogP contribution in [0.25, 0.3) is 0 Å². The number of hydrogen-bond donors (Lipinski definition) is 1. The van der Waals surface area contributed by atoms with Gasteiger partial charge in [-0.15, -0.1) is 0 Å². The SMILES string of the molecule is [B]c1ccc(O[C@@H](O)C(OC(C)=O)C(OC(C)=O)[C@H](OC(C)=O)C(C)COC(C)=O)c(C)c1. The molecule has 10 nitrogen and oxygen atoms in total. The lowest BCUT2D eigenvalue weighted by Crippen LogP contribution is -2.54. The summed E-state index contributed by atoms with van der Waals surface area (Å²) in [6.07, 6.45) is -6.20. The minimum Gasteiger partial charge on any atom is -0.465 e. The summed E-state index contributed by atoms with van der Waals surface area (Å²) < 4.78 is 26.4. The van der Waals surface area contributed by atoms with Gasteiger partial charge in [0.25, 0.3) is 0 Å². The van der Waals surface area contributed by atoms with Gasteiger partial charge < -0.3 is 28.8 Å². The standard InChI is InChI=1S/C22H29BO10/c1-11-9-17(23)7-8-18(11)33-22(28)21(32-16(6)27)20(31-15(5)26)19(30-14(4)25)12(2)10-29-13(3)24/h7-9,12,19-22,28H,10H2,1-6H3/t12?,19-,20?,21?,22-/m1/s1. The summed E-state index contributed by atoms with van der Waals surface area (Å²) in [5.74, 6) is -3.42. The molecule has 33 heavy (non-hydrogen) atoms. The van der Waals surface area contributed by atoms with Gasteiger partial charge in [-0.2, -0.15) is 0 Å². The number of carbonyl (C=O) groups excluding carboxylic acids is 4. The molecule has 180 valence electrons. The average molecular weight is 464 g/mol. The van der Waals surface area contributed by atoms with Crippen LogP contribution in [0.4, 0.5) is 0 Å². The summed E-state index contributed by atoms with van der Waals surface area (Å²) in [6, 6.07) is 4.66. The van der Waals surface area contributed by atoms with E-state index < -0.39 is 54.4 Å². The predicted molar refractivity (Wildman–Crippen MR) is 116 cm³/mol. The molecule has 0 bridgehead atoms. The molecule has 1 N–H and O–H groups in total. The summed E-state index contributed by atoms with van der Waals surface area (Å²) in [7, 11) is 5.73. The fourth-order valence-electron chi connectivity index (χ4n) is 3.04. The van der Waals surface area contributed by atoms with Crippen molar-refractivity contribution in [3.63, 3.8) is 0 Å². The largest absolute Gasteiger partial charge is 0.465 e. The van der Waals surface area contributed by atoms with Crippen molar-refractivity contribution in [3.8, 4) is 5.75 Å². The Hall–Kier alpha value is -3.08. The van der Waals surface area contributed by atoms with Crippen molar-refractivity contribution < 1.29 is 48.0 Å². The second kappa shape index (κ2) is 12.8. The lowest BCUT2D eigenvalue weighted by atomic mass is 9.94. The summed E-state index contributed by atoms with van der Waals surface area (Å²) in [6.45, 7) is 7.55. The van der Waals surface area contributed by atoms with E-state index in [1.54, 1.807) is 26.0 Å². The van der Waals surface area contributed by atoms with E-state index >= 15 is 0 Å². The van der Waals surface area contributed by atoms with Crippen molar-refractivity contribution in [2.75, 3.05) is 6.61 Å². The quantitative estimate of drug-likeness (QED) is 0.213. The molecule has 0 spiro atoms. The molecular weight excluding hydrogens is 435 g/mol. The normalized spacial score (nSPS) is 15.2. The third kappa shape index (κ3) is 9.52. The van der Waals surface area contributed by atoms with Gasteiger partial charge in [0.2, 0.25) is 12.4 Å². The second-order valence-corrected chi connectivity index (χ2v) is 7.54. The van der Waals surface area contributed by atoms with Crippen molar-refractivity contribution >= 4 is 37.2 Å². The van der Waals surface area contributed by atoms with Crippen LogP contribution in [0.1, 0.15) is 40.2 Å². The van der Waals surface area contributed by atoms with Gasteiger partial charge >= 0.3 is 23.9 Å². The summed E-state index contributed by atoms with van der Waals surface area (Å²) in [5.41, 5.74) is 1.05. The van der Waals surface area contributed by atoms with Crippen molar-refractivity contribution in [1.29, 1.82) is 0 Å². The molecule has 1 aromatic rings. The molecule has 2 radical (unpaired) electrons. The van der Waals surface area contributed by atoms with E-state index in [1.165, 1.54) is 13.0 Å². The lowest BCUT2D eigenvalue weighted by Gasteiger charge is -2.36. The third-order valence-corrected chi connectivity index (χ3v) is 4.39. The molecule has 0 fully saturated rings. The minimum atomic E-state index is -1.83. The molecule has 1 aromatic carbocycles. The molecule has 3 unspecified atom stereocenters. The third-order valence-electron chi connectivity index (χ3n) is 4.39. The van der Waals surface area contributed by atoms with Gasteiger partial charge in [0.1, 0.15) is 19.7 Å². The van der Waals surface area contributed by atoms with E-state index in [9.17, 15) is 24.3 Å². The molecule has 5 atom stereocenters. The minimum absolute atomic E-state index is 0.203. The number of benzene rings is 1. The zero-order valence-corrected chi connectivity index (χ0v) is 19.5. The first-order valence-electron chi connectivity index (χ1n) is 10.2. The van der Waals surface area contributed by atoms with Crippen LogP contribution in [0.5, 0.6) is 5.75 Å². The first kappa shape index (κ1) is 28.0. The molecule has 0 saturated carbocycles. The first-order valence-corrected chi connectivity index (χ1v) is 10.2. The highest BCUT2D eigenvalue weighted by Crippen LogP contribution is 2.25. The zero-order chi connectivity index (χ0) is 25.3. The van der Waals surface area contributed by atoms with Gasteiger partial charge in [-0.05, 0) is 18.6 Å². The topological polar surface area (TPSA) is 135 Å². The molecule has 0 aromatic heterocycles. The fraction of sp³-hybridized carbons (Fsp3) is 0.545. The number of aryl methyl sites for hydroxylation is 1. The van der Waals surface area contributed by atoms with Crippen LogP contribution in [0.15, 0.2) is 18.2 Å². The Morgan fingerprint density at radius 3 is 1.88 bits per heavy atom. The Balaban J connectivity index is 3.37. The van der Waals surface area contributed by atoms with Crippen LogP contribution in [0.2, 0.25) is 0 Å². The van der Waals surface area contributed by atoms with E-state index in [1.807, 2.05) is 0 Å². The number of hydrogen-bond acceptors (Lipinski definition) is 10. The molecule has 0 aliphatic heterocycles. The number of aliphatic hydroxyl groups is 1. The fourth-order valence-corrected chi connectivity index (χ4v) is 3.04. The van der Waals surface area contributed by atoms with E-state index in [2.05, 4.69) is 0 Å². The Labute approximate surface area is 193 Å². The Morgan fingerprint density at radius 1 is 0.879 bits per heavy atom. The Bertz CT molecular complexity index is 856. The van der Waals surface area contributed by atoms with Gasteiger partial charge in [0.15, 0.2) is 6.10 Å². The van der Waals surface area contributed by atoms with Crippen LogP contribution in [0, 0.1) is 12.8 Å². The highest BCUT2D eigenvalue weighted by molar-refractivity contribution is 6.32. The zero-order valence-electron chi connectivity index (χ0n) is 19.5. The molecular formula is C22H29BO10. The van der Waals surface area contributed by atoms with Crippen molar-refractivity contribution in [2.45, 2.75) is 66.1 Å². The maximum absolute atomic E-state index is 11.9. The lowest BCUT2D eigenvalue weighted by molar-refractivity contribution is -0.216. The molecule has 0 aliphatic carbocycles. The van der Waals surface area contributed by atoms with Crippen molar-refractivity contribution in [3.05, 3.63) is 23.8 Å². The van der Waals surface area contributed by atoms with Crippen LogP contribution in [-0.4, -0.2) is 68.0 Å². The molecule has 11 heteroatoms. The van der Waals surface area contributed by atoms with Gasteiger partial charge in [0.05, 0.1) is 6.61 Å². The molecule has 1 rings (SSSR count). The molecule has 0 amide bonds. The van der Waals surface area contributed by atoms with Gasteiger partial charge in [-0.3, -0.25) is 19.2 Å². The van der Waals surface area contributed by atoms with Crippen LogP contribution < -0.4 is 10.2 Å². The summed E-state index contributed by atoms with van der Waals surface area (Å²) >= 11 is 0. The maximum atomic E-state index is 11.9. The van der Waals surface area contributed by atoms with Crippen LogP contribution in [-0.2, 0) is 38.1 Å². The average Bonchev–Trinajstić information content (AvgIpc) is 2.68. The van der Waals surface area contributed by atoms with E-state index in [4.69, 9.17) is 31.5 Å². The van der Waals surface area contributed by atoms with E-state index in [-0.39, 0.29) is 12.4 Å². The van der Waals surface area contributed by atoms with E-state index in [0.717, 1.165) is 20.8 Å². The number of rotatable bonds is 11.